The summed E-state index contributed by atoms with van der Waals surface area (Å²) < 4.78 is 32.4. The first-order valence-corrected chi connectivity index (χ1v) is 6.53. The molecule has 0 saturated carbocycles. The van der Waals surface area contributed by atoms with E-state index in [2.05, 4.69) is 4.72 Å². The fourth-order valence-electron chi connectivity index (χ4n) is 1.65. The summed E-state index contributed by atoms with van der Waals surface area (Å²) in [4.78, 5) is 0. The average molecular weight is 245 g/mol. The number of rotatable bonds is 3. The first-order chi connectivity index (χ1) is 7.62. The Bertz CT molecular complexity index is 429. The van der Waals surface area contributed by atoms with Gasteiger partial charge in [-0.2, -0.15) is 12.7 Å². The van der Waals surface area contributed by atoms with E-state index in [4.69, 9.17) is 10.2 Å². The number of hydrogen-bond acceptors (Lipinski definition) is 4. The summed E-state index contributed by atoms with van der Waals surface area (Å²) in [6.45, 7) is 1.57. The van der Waals surface area contributed by atoms with Gasteiger partial charge in [-0.25, -0.2) is 4.72 Å². The fourth-order valence-corrected chi connectivity index (χ4v) is 2.98. The number of nitrogens with two attached hydrogens (primary N) is 1. The summed E-state index contributed by atoms with van der Waals surface area (Å²) in [5.41, 5.74) is 5.54. The Morgan fingerprint density at radius 3 is 3.06 bits per heavy atom. The molecular weight excluding hydrogens is 230 g/mol. The molecule has 1 fully saturated rings. The van der Waals surface area contributed by atoms with Gasteiger partial charge >= 0.3 is 0 Å². The predicted molar refractivity (Wildman–Crippen MR) is 58.6 cm³/mol. The SMILES string of the molecule is NCC1CNS(=O)(=O)N(Cc2ccco2)C1. The third-order valence-electron chi connectivity index (χ3n) is 2.60. The minimum Gasteiger partial charge on any atom is -0.468 e. The molecule has 1 saturated heterocycles. The first-order valence-electron chi connectivity index (χ1n) is 5.09. The maximum atomic E-state index is 11.7. The van der Waals surface area contributed by atoms with Crippen LogP contribution in [0.4, 0.5) is 0 Å². The molecule has 1 aliphatic heterocycles. The topological polar surface area (TPSA) is 88.6 Å². The van der Waals surface area contributed by atoms with E-state index in [1.54, 1.807) is 12.1 Å². The van der Waals surface area contributed by atoms with Crippen LogP contribution in [0.15, 0.2) is 22.8 Å². The van der Waals surface area contributed by atoms with E-state index < -0.39 is 10.2 Å². The zero-order chi connectivity index (χ0) is 11.6. The van der Waals surface area contributed by atoms with E-state index in [1.165, 1.54) is 10.6 Å². The smallest absolute Gasteiger partial charge is 0.279 e. The van der Waals surface area contributed by atoms with E-state index >= 15 is 0 Å². The van der Waals surface area contributed by atoms with Crippen LogP contribution >= 0.6 is 0 Å². The van der Waals surface area contributed by atoms with E-state index in [0.717, 1.165) is 0 Å². The largest absolute Gasteiger partial charge is 0.468 e. The molecule has 90 valence electrons. The summed E-state index contributed by atoms with van der Waals surface area (Å²) in [5, 5.41) is 0. The van der Waals surface area contributed by atoms with Gasteiger partial charge in [-0.3, -0.25) is 0 Å². The van der Waals surface area contributed by atoms with Crippen LogP contribution in [0.25, 0.3) is 0 Å². The fraction of sp³-hybridized carbons (Fsp3) is 0.556. The van der Waals surface area contributed by atoms with Gasteiger partial charge in [0.1, 0.15) is 5.76 Å². The molecule has 0 aliphatic carbocycles. The van der Waals surface area contributed by atoms with Gasteiger partial charge in [-0.05, 0) is 24.6 Å². The molecule has 1 aliphatic rings. The van der Waals surface area contributed by atoms with E-state index in [9.17, 15) is 8.42 Å². The van der Waals surface area contributed by atoms with Crippen molar-refractivity contribution in [1.29, 1.82) is 0 Å². The summed E-state index contributed by atoms with van der Waals surface area (Å²) >= 11 is 0. The van der Waals surface area contributed by atoms with Crippen LogP contribution in [0, 0.1) is 5.92 Å². The second-order valence-corrected chi connectivity index (χ2v) is 5.58. The molecule has 16 heavy (non-hydrogen) atoms. The van der Waals surface area contributed by atoms with Crippen LogP contribution in [-0.4, -0.2) is 32.4 Å². The zero-order valence-electron chi connectivity index (χ0n) is 8.80. The lowest BCUT2D eigenvalue weighted by Gasteiger charge is -2.31. The van der Waals surface area contributed by atoms with Crippen LogP contribution in [0.1, 0.15) is 5.76 Å². The van der Waals surface area contributed by atoms with Crippen molar-refractivity contribution < 1.29 is 12.8 Å². The lowest BCUT2D eigenvalue weighted by molar-refractivity contribution is 0.288. The molecule has 0 bridgehead atoms. The van der Waals surface area contributed by atoms with Gasteiger partial charge in [0.2, 0.25) is 0 Å². The molecule has 2 rings (SSSR count). The third-order valence-corrected chi connectivity index (χ3v) is 4.09. The van der Waals surface area contributed by atoms with E-state index in [-0.39, 0.29) is 12.5 Å². The molecule has 0 radical (unpaired) electrons. The summed E-state index contributed by atoms with van der Waals surface area (Å²) in [6.07, 6.45) is 1.53. The number of hydrogen-bond donors (Lipinski definition) is 2. The first kappa shape index (κ1) is 11.6. The zero-order valence-corrected chi connectivity index (χ0v) is 9.61. The number of furan rings is 1. The molecule has 0 amide bonds. The maximum Gasteiger partial charge on any atom is 0.279 e. The van der Waals surface area contributed by atoms with Gasteiger partial charge in [0, 0.05) is 13.1 Å². The van der Waals surface area contributed by atoms with Gasteiger partial charge in [0.05, 0.1) is 12.8 Å². The highest BCUT2D eigenvalue weighted by Gasteiger charge is 2.30. The Morgan fingerprint density at radius 2 is 2.44 bits per heavy atom. The molecule has 2 heterocycles. The van der Waals surface area contributed by atoms with Crippen LogP contribution in [0.2, 0.25) is 0 Å². The Morgan fingerprint density at radius 1 is 1.62 bits per heavy atom. The lowest BCUT2D eigenvalue weighted by atomic mass is 10.1. The van der Waals surface area contributed by atoms with Crippen LogP contribution in [0.3, 0.4) is 0 Å². The Hall–Kier alpha value is -0.890. The van der Waals surface area contributed by atoms with Crippen molar-refractivity contribution >= 4 is 10.2 Å². The molecule has 1 unspecified atom stereocenters. The summed E-state index contributed by atoms with van der Waals surface area (Å²) in [7, 11) is -3.37. The molecular formula is C9H15N3O3S. The predicted octanol–water partition coefficient (Wildman–Crippen LogP) is -0.495. The average Bonchev–Trinajstić information content (AvgIpc) is 2.74. The lowest BCUT2D eigenvalue weighted by Crippen LogP contribution is -2.52. The second-order valence-electron chi connectivity index (χ2n) is 3.83. The molecule has 7 heteroatoms. The molecule has 6 nitrogen and oxygen atoms in total. The van der Waals surface area contributed by atoms with E-state index in [0.29, 0.717) is 25.4 Å². The summed E-state index contributed by atoms with van der Waals surface area (Å²) in [5.74, 6) is 0.779. The molecule has 1 aromatic rings. The Labute approximate surface area is 94.6 Å². The van der Waals surface area contributed by atoms with Crippen molar-refractivity contribution in [3.05, 3.63) is 24.2 Å². The van der Waals surface area contributed by atoms with Crippen molar-refractivity contribution in [1.82, 2.24) is 9.03 Å². The van der Waals surface area contributed by atoms with Gasteiger partial charge in [0.15, 0.2) is 0 Å². The van der Waals surface area contributed by atoms with Gasteiger partial charge in [-0.15, -0.1) is 0 Å². The van der Waals surface area contributed by atoms with E-state index in [1.807, 2.05) is 0 Å². The minimum atomic E-state index is -3.37. The van der Waals surface area contributed by atoms with Gasteiger partial charge < -0.3 is 10.2 Å². The highest BCUT2D eigenvalue weighted by molar-refractivity contribution is 7.87. The van der Waals surface area contributed by atoms with Crippen molar-refractivity contribution in [3.8, 4) is 0 Å². The van der Waals surface area contributed by atoms with Crippen molar-refractivity contribution in [2.75, 3.05) is 19.6 Å². The van der Waals surface area contributed by atoms with Gasteiger partial charge in [-0.1, -0.05) is 0 Å². The Kier molecular flexibility index (Phi) is 3.29. The van der Waals surface area contributed by atoms with Gasteiger partial charge in [0.25, 0.3) is 10.2 Å². The minimum absolute atomic E-state index is 0.151. The van der Waals surface area contributed by atoms with Crippen LogP contribution < -0.4 is 10.5 Å². The van der Waals surface area contributed by atoms with Crippen LogP contribution in [0.5, 0.6) is 0 Å². The standard InChI is InChI=1S/C9H15N3O3S/c10-4-8-5-11-16(13,14)12(6-8)7-9-2-1-3-15-9/h1-3,8,11H,4-7,10H2. The highest BCUT2D eigenvalue weighted by Crippen LogP contribution is 2.15. The quantitative estimate of drug-likeness (QED) is 0.751. The van der Waals surface area contributed by atoms with Crippen LogP contribution in [-0.2, 0) is 16.8 Å². The molecule has 0 spiro atoms. The second kappa shape index (κ2) is 4.54. The van der Waals surface area contributed by atoms with Crippen molar-refractivity contribution in [2.24, 2.45) is 11.7 Å². The number of nitrogens with zero attached hydrogens (tertiary/aromatic N) is 1. The highest BCUT2D eigenvalue weighted by atomic mass is 32.2. The summed E-state index contributed by atoms with van der Waals surface area (Å²) in [6, 6.07) is 3.49. The monoisotopic (exact) mass is 245 g/mol. The normalized spacial score (nSPS) is 25.7. The third kappa shape index (κ3) is 2.43. The Balaban J connectivity index is 2.10. The number of nitrogens with one attached hydrogen (secondary N) is 1. The molecule has 1 aromatic heterocycles. The molecule has 1 atom stereocenters. The maximum absolute atomic E-state index is 11.7. The van der Waals surface area contributed by atoms with Crippen molar-refractivity contribution in [3.63, 3.8) is 0 Å². The molecule has 0 aromatic carbocycles. The van der Waals surface area contributed by atoms with Crippen molar-refractivity contribution in [2.45, 2.75) is 6.54 Å². The molecule has 3 N–H and O–H groups in total.